The first-order valence-corrected chi connectivity index (χ1v) is 17.7. The average molecular weight is 707 g/mol. The predicted molar refractivity (Wildman–Crippen MR) is 194 cm³/mol. The summed E-state index contributed by atoms with van der Waals surface area (Å²) in [6, 6.07) is 16.0. The van der Waals surface area contributed by atoms with Crippen molar-refractivity contribution in [3.8, 4) is 0 Å². The minimum atomic E-state index is -4.35. The third-order valence-electron chi connectivity index (χ3n) is 9.63. The van der Waals surface area contributed by atoms with E-state index >= 15 is 0 Å². The zero-order valence-corrected chi connectivity index (χ0v) is 29.2. The van der Waals surface area contributed by atoms with Crippen LogP contribution in [0.25, 0.3) is 0 Å². The van der Waals surface area contributed by atoms with Gasteiger partial charge in [-0.25, -0.2) is 9.97 Å². The largest absolute Gasteiger partial charge is 0.416 e. The molecule has 0 amide bonds. The van der Waals surface area contributed by atoms with Crippen molar-refractivity contribution in [1.82, 2.24) is 19.9 Å². The Hall–Kier alpha value is -4.49. The molecule has 0 bridgehead atoms. The van der Waals surface area contributed by atoms with E-state index in [0.717, 1.165) is 86.0 Å². The van der Waals surface area contributed by atoms with E-state index in [-0.39, 0.29) is 36.1 Å². The molecule has 1 atom stereocenters. The maximum absolute atomic E-state index is 12.7. The second-order valence-electron chi connectivity index (χ2n) is 13.9. The lowest BCUT2D eigenvalue weighted by atomic mass is 9.83. The Morgan fingerprint density at radius 2 is 1.24 bits per heavy atom. The van der Waals surface area contributed by atoms with Crippen LogP contribution < -0.4 is 22.1 Å². The summed E-state index contributed by atoms with van der Waals surface area (Å²) < 4.78 is 38.0. The third-order valence-corrected chi connectivity index (χ3v) is 9.63. The molecule has 0 saturated heterocycles. The lowest BCUT2D eigenvalue weighted by Gasteiger charge is -2.29. The van der Waals surface area contributed by atoms with Crippen molar-refractivity contribution in [1.29, 1.82) is 0 Å². The van der Waals surface area contributed by atoms with Gasteiger partial charge in [0.15, 0.2) is 0 Å². The van der Waals surface area contributed by atoms with Gasteiger partial charge in [0.1, 0.15) is 11.6 Å². The molecule has 0 radical (unpaired) electrons. The van der Waals surface area contributed by atoms with Crippen LogP contribution in [-0.2, 0) is 12.6 Å². The first-order chi connectivity index (χ1) is 24.4. The number of aliphatic hydroxyl groups is 2. The van der Waals surface area contributed by atoms with Gasteiger partial charge in [-0.15, -0.1) is 0 Å². The van der Waals surface area contributed by atoms with Gasteiger partial charge in [0.2, 0.25) is 11.9 Å². The minimum Gasteiger partial charge on any atom is -0.393 e. The van der Waals surface area contributed by atoms with E-state index in [4.69, 9.17) is 11.5 Å². The van der Waals surface area contributed by atoms with Gasteiger partial charge in [0, 0.05) is 47.9 Å². The SMILES string of the molecule is CC(C)C(c1ccccc1)c1cnc(N)nc1NC1CCC(O)CC1.Nc1ncc(Cc2ccc(C(F)(F)F)cc2)c(NC2CCC(O)CC2)n1. The fourth-order valence-corrected chi connectivity index (χ4v) is 6.87. The van der Waals surface area contributed by atoms with Crippen LogP contribution in [-0.4, -0.2) is 54.4 Å². The Morgan fingerprint density at radius 1 is 0.725 bits per heavy atom. The van der Waals surface area contributed by atoms with E-state index in [9.17, 15) is 23.4 Å². The fraction of sp³-hybridized carbons (Fsp3) is 0.474. The molecule has 2 aliphatic rings. The summed E-state index contributed by atoms with van der Waals surface area (Å²) in [6.45, 7) is 4.43. The number of nitrogen functional groups attached to an aromatic ring is 2. The summed E-state index contributed by atoms with van der Waals surface area (Å²) in [5, 5.41) is 26.3. The summed E-state index contributed by atoms with van der Waals surface area (Å²) in [4.78, 5) is 17.0. The minimum absolute atomic E-state index is 0.138. The maximum Gasteiger partial charge on any atom is 0.416 e. The van der Waals surface area contributed by atoms with E-state index in [1.54, 1.807) is 6.20 Å². The summed E-state index contributed by atoms with van der Waals surface area (Å²) >= 11 is 0. The van der Waals surface area contributed by atoms with Crippen LogP contribution in [0.4, 0.5) is 36.7 Å². The molecule has 2 aromatic carbocycles. The number of anilines is 4. The van der Waals surface area contributed by atoms with E-state index in [1.165, 1.54) is 17.7 Å². The van der Waals surface area contributed by atoms with Gasteiger partial charge in [-0.05, 0) is 80.5 Å². The number of nitrogens with one attached hydrogen (secondary N) is 2. The molecule has 8 N–H and O–H groups in total. The number of aliphatic hydroxyl groups excluding tert-OH is 2. The highest BCUT2D eigenvalue weighted by Gasteiger charge is 2.30. The van der Waals surface area contributed by atoms with Gasteiger partial charge in [0.25, 0.3) is 0 Å². The Bertz CT molecular complexity index is 1680. The van der Waals surface area contributed by atoms with Crippen LogP contribution in [0.15, 0.2) is 67.0 Å². The van der Waals surface area contributed by atoms with Crippen molar-refractivity contribution in [2.45, 2.75) is 108 Å². The maximum atomic E-state index is 12.7. The molecule has 1 unspecified atom stereocenters. The highest BCUT2D eigenvalue weighted by molar-refractivity contribution is 5.52. The van der Waals surface area contributed by atoms with Crippen molar-refractivity contribution in [2.24, 2.45) is 5.92 Å². The van der Waals surface area contributed by atoms with Crippen LogP contribution in [0.2, 0.25) is 0 Å². The number of nitrogens with two attached hydrogens (primary N) is 2. The van der Waals surface area contributed by atoms with Crippen molar-refractivity contribution in [3.05, 3.63) is 94.8 Å². The molecule has 0 aliphatic heterocycles. The first kappa shape index (κ1) is 37.8. The summed E-state index contributed by atoms with van der Waals surface area (Å²) in [6.07, 6.45) is 5.76. The second-order valence-corrected chi connectivity index (χ2v) is 13.9. The lowest BCUT2D eigenvalue weighted by molar-refractivity contribution is -0.137. The molecule has 6 rings (SSSR count). The number of nitrogens with zero attached hydrogens (tertiary/aromatic N) is 4. The number of hydrogen-bond donors (Lipinski definition) is 6. The molecule has 2 fully saturated rings. The molecule has 2 heterocycles. The quantitative estimate of drug-likeness (QED) is 0.107. The molecule has 10 nitrogen and oxygen atoms in total. The normalized spacial score (nSPS) is 21.3. The van der Waals surface area contributed by atoms with Crippen LogP contribution in [0.3, 0.4) is 0 Å². The van der Waals surface area contributed by atoms with Gasteiger partial charge in [-0.1, -0.05) is 56.3 Å². The highest BCUT2D eigenvalue weighted by atomic mass is 19.4. The summed E-state index contributed by atoms with van der Waals surface area (Å²) in [7, 11) is 0. The van der Waals surface area contributed by atoms with E-state index < -0.39 is 11.7 Å². The molecule has 2 saturated carbocycles. The topological polar surface area (TPSA) is 168 Å². The zero-order chi connectivity index (χ0) is 36.5. The zero-order valence-electron chi connectivity index (χ0n) is 29.2. The van der Waals surface area contributed by atoms with Crippen molar-refractivity contribution in [2.75, 3.05) is 22.1 Å². The van der Waals surface area contributed by atoms with Crippen LogP contribution in [0.5, 0.6) is 0 Å². The Labute approximate surface area is 297 Å². The first-order valence-electron chi connectivity index (χ1n) is 17.7. The monoisotopic (exact) mass is 706 g/mol. The third kappa shape index (κ3) is 10.8. The number of alkyl halides is 3. The van der Waals surface area contributed by atoms with E-state index in [2.05, 4.69) is 68.7 Å². The van der Waals surface area contributed by atoms with Crippen LogP contribution in [0, 0.1) is 5.92 Å². The summed E-state index contributed by atoms with van der Waals surface area (Å²) in [5.74, 6) is 2.47. The van der Waals surface area contributed by atoms with Gasteiger partial charge in [0.05, 0.1) is 17.8 Å². The van der Waals surface area contributed by atoms with Crippen molar-refractivity contribution >= 4 is 23.5 Å². The van der Waals surface area contributed by atoms with Gasteiger partial charge < -0.3 is 32.3 Å². The highest BCUT2D eigenvalue weighted by Crippen LogP contribution is 2.36. The number of aromatic nitrogens is 4. The molecule has 274 valence electrons. The fourth-order valence-electron chi connectivity index (χ4n) is 6.87. The molecule has 51 heavy (non-hydrogen) atoms. The standard InChI is InChI=1S/C20H28N4O.C18H21F3N4O/c1-13(2)18(14-6-4-3-5-7-14)17-12-22-20(21)24-19(17)23-15-8-10-16(25)11-9-15;19-18(20,21)13-3-1-11(2-4-13)9-12-10-23-17(22)25-16(12)24-14-5-7-15(26)8-6-14/h3-7,12-13,15-16,18,25H,8-11H2,1-2H3,(H3,21,22,23,24);1-4,10,14-15,26H,5-9H2,(H3,22,23,24,25). The molecular weight excluding hydrogens is 657 g/mol. The van der Waals surface area contributed by atoms with Crippen LogP contribution >= 0.6 is 0 Å². The molecule has 0 spiro atoms. The summed E-state index contributed by atoms with van der Waals surface area (Å²) in [5.41, 5.74) is 14.7. The lowest BCUT2D eigenvalue weighted by Crippen LogP contribution is -2.29. The molecular formula is C38H49F3N8O2. The second kappa shape index (κ2) is 17.1. The molecule has 13 heteroatoms. The molecule has 2 aliphatic carbocycles. The number of halogens is 3. The van der Waals surface area contributed by atoms with Gasteiger partial charge in [-0.3, -0.25) is 0 Å². The molecule has 4 aromatic rings. The van der Waals surface area contributed by atoms with Crippen molar-refractivity contribution in [3.63, 3.8) is 0 Å². The van der Waals surface area contributed by atoms with Gasteiger partial charge in [-0.2, -0.15) is 23.1 Å². The average Bonchev–Trinajstić information content (AvgIpc) is 3.09. The van der Waals surface area contributed by atoms with E-state index in [1.807, 2.05) is 12.3 Å². The van der Waals surface area contributed by atoms with Crippen LogP contribution in [0.1, 0.15) is 98.9 Å². The van der Waals surface area contributed by atoms with Crippen molar-refractivity contribution < 1.29 is 23.4 Å². The number of benzene rings is 2. The number of hydrogen-bond acceptors (Lipinski definition) is 10. The van der Waals surface area contributed by atoms with Gasteiger partial charge >= 0.3 is 6.18 Å². The smallest absolute Gasteiger partial charge is 0.393 e. The molecule has 2 aromatic heterocycles. The predicted octanol–water partition coefficient (Wildman–Crippen LogP) is 6.95. The Kier molecular flexibility index (Phi) is 12.7. The Morgan fingerprint density at radius 3 is 1.76 bits per heavy atom. The Balaban J connectivity index is 0.000000198. The number of rotatable bonds is 9. The van der Waals surface area contributed by atoms with E-state index in [0.29, 0.717) is 24.2 Å².